The molecule has 0 radical (unpaired) electrons. The summed E-state index contributed by atoms with van der Waals surface area (Å²) in [6.45, 7) is -0.206. The van der Waals surface area contributed by atoms with Gasteiger partial charge in [-0.15, -0.1) is 0 Å². The van der Waals surface area contributed by atoms with Crippen molar-refractivity contribution in [1.29, 1.82) is 0 Å². The summed E-state index contributed by atoms with van der Waals surface area (Å²) < 4.78 is 35.0. The lowest BCUT2D eigenvalue weighted by atomic mass is 10.2. The van der Waals surface area contributed by atoms with Gasteiger partial charge >= 0.3 is 5.97 Å². The normalized spacial score (nSPS) is 11.7. The van der Waals surface area contributed by atoms with Gasteiger partial charge < -0.3 is 9.15 Å². The standard InChI is InChI=1S/C14H13Cl2NO5S/c1-17(2)23(19,20)13-6-4-10(22-13)8-21-14(18)9-3-5-11(15)12(16)7-9/h3-7H,8H2,1-2H3. The van der Waals surface area contributed by atoms with Gasteiger partial charge in [0, 0.05) is 14.1 Å². The second-order valence-corrected chi connectivity index (χ2v) is 7.61. The predicted octanol–water partition coefficient (Wildman–Crippen LogP) is 3.19. The van der Waals surface area contributed by atoms with E-state index in [2.05, 4.69) is 0 Å². The monoisotopic (exact) mass is 377 g/mol. The number of nitrogens with zero attached hydrogens (tertiary/aromatic N) is 1. The number of hydrogen-bond donors (Lipinski definition) is 0. The second-order valence-electron chi connectivity index (χ2n) is 4.71. The number of sulfonamides is 1. The first-order valence-electron chi connectivity index (χ1n) is 6.35. The van der Waals surface area contributed by atoms with Crippen molar-refractivity contribution in [2.75, 3.05) is 14.1 Å². The van der Waals surface area contributed by atoms with Crippen molar-refractivity contribution in [3.8, 4) is 0 Å². The molecule has 6 nitrogen and oxygen atoms in total. The zero-order valence-electron chi connectivity index (χ0n) is 12.2. The Labute approximate surface area is 143 Å². The summed E-state index contributed by atoms with van der Waals surface area (Å²) in [5, 5.41) is 0.342. The van der Waals surface area contributed by atoms with Crippen LogP contribution in [0.4, 0.5) is 0 Å². The molecule has 1 aromatic heterocycles. The van der Waals surface area contributed by atoms with Crippen LogP contribution in [0.5, 0.6) is 0 Å². The maximum atomic E-state index is 11.9. The Hall–Kier alpha value is -1.54. The summed E-state index contributed by atoms with van der Waals surface area (Å²) in [5.41, 5.74) is 0.229. The van der Waals surface area contributed by atoms with Crippen LogP contribution in [0.25, 0.3) is 0 Å². The summed E-state index contributed by atoms with van der Waals surface area (Å²) in [4.78, 5) is 11.9. The van der Waals surface area contributed by atoms with Crippen molar-refractivity contribution >= 4 is 39.2 Å². The predicted molar refractivity (Wildman–Crippen MR) is 85.2 cm³/mol. The van der Waals surface area contributed by atoms with Crippen LogP contribution in [0, 0.1) is 0 Å². The molecule has 23 heavy (non-hydrogen) atoms. The lowest BCUT2D eigenvalue weighted by Crippen LogP contribution is -2.21. The zero-order chi connectivity index (χ0) is 17.2. The summed E-state index contributed by atoms with van der Waals surface area (Å²) in [5.74, 6) is -0.421. The number of esters is 1. The summed E-state index contributed by atoms with van der Waals surface area (Å²) in [6.07, 6.45) is 0. The molecule has 124 valence electrons. The van der Waals surface area contributed by atoms with E-state index >= 15 is 0 Å². The van der Waals surface area contributed by atoms with Gasteiger partial charge in [-0.25, -0.2) is 17.5 Å². The SMILES string of the molecule is CN(C)S(=O)(=O)c1ccc(COC(=O)c2ccc(Cl)c(Cl)c2)o1. The molecule has 0 unspecified atom stereocenters. The number of benzene rings is 1. The molecular weight excluding hydrogens is 365 g/mol. The van der Waals surface area contributed by atoms with E-state index in [0.717, 1.165) is 4.31 Å². The molecule has 0 aliphatic heterocycles. The average Bonchev–Trinajstić information content (AvgIpc) is 2.97. The van der Waals surface area contributed by atoms with Crippen LogP contribution in [0.1, 0.15) is 16.1 Å². The largest absolute Gasteiger partial charge is 0.454 e. The smallest absolute Gasteiger partial charge is 0.338 e. The van der Waals surface area contributed by atoms with Crippen molar-refractivity contribution in [3.05, 3.63) is 51.7 Å². The van der Waals surface area contributed by atoms with Crippen LogP contribution >= 0.6 is 23.2 Å². The highest BCUT2D eigenvalue weighted by Gasteiger charge is 2.22. The Morgan fingerprint density at radius 2 is 1.87 bits per heavy atom. The minimum Gasteiger partial charge on any atom is -0.454 e. The molecule has 1 aromatic carbocycles. The maximum Gasteiger partial charge on any atom is 0.338 e. The lowest BCUT2D eigenvalue weighted by molar-refractivity contribution is 0.0440. The molecule has 0 fully saturated rings. The Morgan fingerprint density at radius 1 is 1.17 bits per heavy atom. The van der Waals surface area contributed by atoms with Crippen LogP contribution < -0.4 is 0 Å². The van der Waals surface area contributed by atoms with Crippen molar-refractivity contribution < 1.29 is 22.4 Å². The number of carbonyl (C=O) groups excluding carboxylic acids is 1. The number of carbonyl (C=O) groups is 1. The molecule has 0 spiro atoms. The van der Waals surface area contributed by atoms with E-state index in [4.69, 9.17) is 32.4 Å². The highest BCUT2D eigenvalue weighted by Crippen LogP contribution is 2.23. The first-order chi connectivity index (χ1) is 10.7. The Balaban J connectivity index is 2.05. The van der Waals surface area contributed by atoms with Crippen molar-refractivity contribution in [1.82, 2.24) is 4.31 Å². The van der Waals surface area contributed by atoms with Gasteiger partial charge in [0.25, 0.3) is 10.0 Å². The molecule has 0 bridgehead atoms. The fraction of sp³-hybridized carbons (Fsp3) is 0.214. The van der Waals surface area contributed by atoms with Gasteiger partial charge in [-0.1, -0.05) is 23.2 Å². The average molecular weight is 378 g/mol. The molecule has 0 aliphatic carbocycles. The third-order valence-corrected chi connectivity index (χ3v) is 5.30. The van der Waals surface area contributed by atoms with Gasteiger partial charge in [0.05, 0.1) is 15.6 Å². The molecule has 0 saturated heterocycles. The number of rotatable bonds is 5. The van der Waals surface area contributed by atoms with E-state index < -0.39 is 16.0 Å². The van der Waals surface area contributed by atoms with Crippen LogP contribution in [0.3, 0.4) is 0 Å². The number of ether oxygens (including phenoxy) is 1. The fourth-order valence-corrected chi connectivity index (χ4v) is 2.71. The summed E-state index contributed by atoms with van der Waals surface area (Å²) in [7, 11) is -0.882. The molecule has 9 heteroatoms. The van der Waals surface area contributed by atoms with Crippen molar-refractivity contribution in [3.63, 3.8) is 0 Å². The molecule has 0 aliphatic rings. The minimum atomic E-state index is -3.66. The van der Waals surface area contributed by atoms with Crippen LogP contribution in [-0.2, 0) is 21.4 Å². The Morgan fingerprint density at radius 3 is 2.48 bits per heavy atom. The molecule has 0 saturated carbocycles. The first-order valence-corrected chi connectivity index (χ1v) is 8.55. The fourth-order valence-electron chi connectivity index (χ4n) is 1.60. The summed E-state index contributed by atoms with van der Waals surface area (Å²) in [6, 6.07) is 7.07. The van der Waals surface area contributed by atoms with Gasteiger partial charge in [0.15, 0.2) is 0 Å². The molecular formula is C14H13Cl2NO5S. The zero-order valence-corrected chi connectivity index (χ0v) is 14.6. The molecule has 2 aromatic rings. The third-order valence-electron chi connectivity index (χ3n) is 2.87. The van der Waals surface area contributed by atoms with E-state index in [1.807, 2.05) is 0 Å². The highest BCUT2D eigenvalue weighted by molar-refractivity contribution is 7.88. The first kappa shape index (κ1) is 17.8. The lowest BCUT2D eigenvalue weighted by Gasteiger charge is -2.08. The van der Waals surface area contributed by atoms with Gasteiger partial charge in [0.2, 0.25) is 5.09 Å². The number of hydrogen-bond acceptors (Lipinski definition) is 5. The summed E-state index contributed by atoms with van der Waals surface area (Å²) >= 11 is 11.6. The van der Waals surface area contributed by atoms with Gasteiger partial charge in [-0.05, 0) is 30.3 Å². The molecule has 0 amide bonds. The van der Waals surface area contributed by atoms with Crippen LogP contribution in [-0.4, -0.2) is 32.8 Å². The van der Waals surface area contributed by atoms with E-state index in [1.54, 1.807) is 0 Å². The third kappa shape index (κ3) is 4.06. The van der Waals surface area contributed by atoms with Gasteiger partial charge in [0.1, 0.15) is 12.4 Å². The quantitative estimate of drug-likeness (QED) is 0.747. The number of halogens is 2. The van der Waals surface area contributed by atoms with E-state index in [0.29, 0.717) is 5.02 Å². The van der Waals surface area contributed by atoms with E-state index in [-0.39, 0.29) is 28.0 Å². The van der Waals surface area contributed by atoms with Gasteiger partial charge in [-0.2, -0.15) is 0 Å². The number of furan rings is 1. The minimum absolute atomic E-state index is 0.206. The Kier molecular flexibility index (Phi) is 5.36. The van der Waals surface area contributed by atoms with E-state index in [1.165, 1.54) is 44.4 Å². The highest BCUT2D eigenvalue weighted by atomic mass is 35.5. The van der Waals surface area contributed by atoms with Crippen molar-refractivity contribution in [2.45, 2.75) is 11.7 Å². The Bertz CT molecular complexity index is 829. The maximum absolute atomic E-state index is 11.9. The molecule has 0 atom stereocenters. The molecule has 1 heterocycles. The molecule has 2 rings (SSSR count). The second kappa shape index (κ2) is 6.92. The van der Waals surface area contributed by atoms with Crippen LogP contribution in [0.2, 0.25) is 10.0 Å². The van der Waals surface area contributed by atoms with E-state index in [9.17, 15) is 13.2 Å². The van der Waals surface area contributed by atoms with Crippen molar-refractivity contribution in [2.24, 2.45) is 0 Å². The van der Waals surface area contributed by atoms with Gasteiger partial charge in [-0.3, -0.25) is 0 Å². The van der Waals surface area contributed by atoms with Crippen LogP contribution in [0.15, 0.2) is 39.8 Å². The molecule has 0 N–H and O–H groups in total. The topological polar surface area (TPSA) is 76.8 Å².